The molecule has 0 aliphatic heterocycles. The zero-order valence-electron chi connectivity index (χ0n) is 9.54. The van der Waals surface area contributed by atoms with Gasteiger partial charge in [0.15, 0.2) is 0 Å². The van der Waals surface area contributed by atoms with Gasteiger partial charge in [-0.05, 0) is 25.1 Å². The molecule has 1 unspecified atom stereocenters. The predicted octanol–water partition coefficient (Wildman–Crippen LogP) is 1.65. The Kier molecular flexibility index (Phi) is 3.36. The largest absolute Gasteiger partial charge is 0.366 e. The van der Waals surface area contributed by atoms with Crippen LogP contribution in [0.5, 0.6) is 0 Å². The molecule has 5 nitrogen and oxygen atoms in total. The Balaban J connectivity index is 1.98. The summed E-state index contributed by atoms with van der Waals surface area (Å²) in [4.78, 5) is 4.16. The summed E-state index contributed by atoms with van der Waals surface area (Å²) in [6.45, 7) is 2.80. The highest BCUT2D eigenvalue weighted by atomic mass is 15.3. The molecule has 86 valence electrons. The summed E-state index contributed by atoms with van der Waals surface area (Å²) in [5.74, 6) is 0.712. The lowest BCUT2D eigenvalue weighted by Crippen LogP contribution is -2.22. The normalized spacial score (nSPS) is 11.8. The van der Waals surface area contributed by atoms with Crippen LogP contribution < -0.4 is 5.32 Å². The molecule has 0 bridgehead atoms. The van der Waals surface area contributed by atoms with E-state index in [1.54, 1.807) is 12.3 Å². The van der Waals surface area contributed by atoms with Crippen LogP contribution in [0.1, 0.15) is 12.6 Å². The van der Waals surface area contributed by atoms with Gasteiger partial charge in [0.1, 0.15) is 17.6 Å². The van der Waals surface area contributed by atoms with E-state index in [0.717, 1.165) is 6.54 Å². The van der Waals surface area contributed by atoms with Crippen LogP contribution in [0.4, 0.5) is 5.82 Å². The van der Waals surface area contributed by atoms with Crippen molar-refractivity contribution in [3.63, 3.8) is 0 Å². The average Bonchev–Trinajstić information content (AvgIpc) is 2.82. The van der Waals surface area contributed by atoms with E-state index in [-0.39, 0.29) is 6.04 Å². The molecule has 0 saturated heterocycles. The Morgan fingerprint density at radius 3 is 3.06 bits per heavy atom. The van der Waals surface area contributed by atoms with Gasteiger partial charge in [0.25, 0.3) is 0 Å². The maximum Gasteiger partial charge on any atom is 0.142 e. The Morgan fingerprint density at radius 2 is 2.35 bits per heavy atom. The number of nitrogens with zero attached hydrogens (tertiary/aromatic N) is 4. The number of hydrogen-bond donors (Lipinski definition) is 1. The lowest BCUT2D eigenvalue weighted by atomic mass is 10.3. The third-order valence-electron chi connectivity index (χ3n) is 2.28. The topological polar surface area (TPSA) is 66.5 Å². The smallest absolute Gasteiger partial charge is 0.142 e. The van der Waals surface area contributed by atoms with Gasteiger partial charge in [0.2, 0.25) is 0 Å². The van der Waals surface area contributed by atoms with Gasteiger partial charge in [-0.2, -0.15) is 10.4 Å². The van der Waals surface area contributed by atoms with E-state index in [4.69, 9.17) is 5.26 Å². The van der Waals surface area contributed by atoms with Crippen LogP contribution in [0.15, 0.2) is 36.7 Å². The Labute approximate surface area is 99.7 Å². The molecular formula is C12H13N5. The van der Waals surface area contributed by atoms with Gasteiger partial charge in [-0.15, -0.1) is 0 Å². The second-order valence-electron chi connectivity index (χ2n) is 3.79. The van der Waals surface area contributed by atoms with Crippen LogP contribution in [0.25, 0.3) is 0 Å². The first kappa shape index (κ1) is 11.1. The van der Waals surface area contributed by atoms with Gasteiger partial charge in [0, 0.05) is 18.4 Å². The summed E-state index contributed by atoms with van der Waals surface area (Å²) in [7, 11) is 0. The second kappa shape index (κ2) is 5.12. The molecule has 0 aromatic carbocycles. The monoisotopic (exact) mass is 227 g/mol. The third kappa shape index (κ3) is 3.05. The minimum atomic E-state index is 0.191. The first-order valence-corrected chi connectivity index (χ1v) is 5.39. The number of rotatable bonds is 4. The van der Waals surface area contributed by atoms with Crippen molar-refractivity contribution in [2.75, 3.05) is 5.32 Å². The van der Waals surface area contributed by atoms with Crippen molar-refractivity contribution < 1.29 is 0 Å². The standard InChI is InChI=1S/C12H13N5/c1-10(9-17-7-3-6-14-17)15-12-5-2-4-11(8-13)16-12/h2-7,10H,9H2,1H3,(H,15,16). The zero-order valence-corrected chi connectivity index (χ0v) is 9.54. The summed E-state index contributed by atoms with van der Waals surface area (Å²) < 4.78 is 1.85. The van der Waals surface area contributed by atoms with Crippen molar-refractivity contribution in [2.45, 2.75) is 19.5 Å². The average molecular weight is 227 g/mol. The van der Waals surface area contributed by atoms with Gasteiger partial charge >= 0.3 is 0 Å². The summed E-state index contributed by atoms with van der Waals surface area (Å²) in [5.41, 5.74) is 0.418. The van der Waals surface area contributed by atoms with Crippen LogP contribution >= 0.6 is 0 Å². The number of hydrogen-bond acceptors (Lipinski definition) is 4. The summed E-state index contributed by atoms with van der Waals surface area (Å²) in [6, 6.07) is 9.44. The number of nitriles is 1. The molecule has 2 heterocycles. The molecular weight excluding hydrogens is 214 g/mol. The van der Waals surface area contributed by atoms with Crippen molar-refractivity contribution in [3.05, 3.63) is 42.4 Å². The number of pyridine rings is 1. The molecule has 1 N–H and O–H groups in total. The number of aromatic nitrogens is 3. The molecule has 0 saturated carbocycles. The molecule has 0 radical (unpaired) electrons. The highest BCUT2D eigenvalue weighted by molar-refractivity contribution is 5.38. The zero-order chi connectivity index (χ0) is 12.1. The van der Waals surface area contributed by atoms with Crippen molar-refractivity contribution >= 4 is 5.82 Å². The fourth-order valence-corrected chi connectivity index (χ4v) is 1.56. The first-order chi connectivity index (χ1) is 8.28. The fourth-order valence-electron chi connectivity index (χ4n) is 1.56. The second-order valence-corrected chi connectivity index (χ2v) is 3.79. The maximum atomic E-state index is 8.75. The fraction of sp³-hybridized carbons (Fsp3) is 0.250. The highest BCUT2D eigenvalue weighted by Crippen LogP contribution is 2.06. The lowest BCUT2D eigenvalue weighted by Gasteiger charge is -2.14. The molecule has 5 heteroatoms. The van der Waals surface area contributed by atoms with Crippen molar-refractivity contribution in [1.82, 2.24) is 14.8 Å². The molecule has 2 aromatic heterocycles. The van der Waals surface area contributed by atoms with Crippen LogP contribution in [-0.2, 0) is 6.54 Å². The predicted molar refractivity (Wildman–Crippen MR) is 64.3 cm³/mol. The van der Waals surface area contributed by atoms with Gasteiger partial charge in [-0.1, -0.05) is 6.07 Å². The van der Waals surface area contributed by atoms with Crippen LogP contribution in [0.2, 0.25) is 0 Å². The van der Waals surface area contributed by atoms with E-state index in [2.05, 4.69) is 15.4 Å². The van der Waals surface area contributed by atoms with E-state index in [9.17, 15) is 0 Å². The Bertz CT molecular complexity index is 512. The van der Waals surface area contributed by atoms with Gasteiger partial charge in [0.05, 0.1) is 6.54 Å². The lowest BCUT2D eigenvalue weighted by molar-refractivity contribution is 0.559. The molecule has 0 fully saturated rings. The Hall–Kier alpha value is -2.35. The van der Waals surface area contributed by atoms with E-state index >= 15 is 0 Å². The molecule has 2 aromatic rings. The van der Waals surface area contributed by atoms with Crippen molar-refractivity contribution in [2.24, 2.45) is 0 Å². The number of anilines is 1. The molecule has 1 atom stereocenters. The van der Waals surface area contributed by atoms with E-state index in [0.29, 0.717) is 11.5 Å². The van der Waals surface area contributed by atoms with Crippen molar-refractivity contribution in [1.29, 1.82) is 5.26 Å². The van der Waals surface area contributed by atoms with E-state index in [1.165, 1.54) is 0 Å². The van der Waals surface area contributed by atoms with Crippen LogP contribution in [0.3, 0.4) is 0 Å². The van der Waals surface area contributed by atoms with Crippen LogP contribution in [0, 0.1) is 11.3 Å². The molecule has 17 heavy (non-hydrogen) atoms. The molecule has 2 rings (SSSR count). The van der Waals surface area contributed by atoms with Gasteiger partial charge in [-0.25, -0.2) is 4.98 Å². The van der Waals surface area contributed by atoms with E-state index in [1.807, 2.05) is 42.1 Å². The first-order valence-electron chi connectivity index (χ1n) is 5.39. The molecule has 0 aliphatic rings. The van der Waals surface area contributed by atoms with Gasteiger partial charge < -0.3 is 5.32 Å². The van der Waals surface area contributed by atoms with E-state index < -0.39 is 0 Å². The van der Waals surface area contributed by atoms with Crippen LogP contribution in [-0.4, -0.2) is 20.8 Å². The molecule has 0 aliphatic carbocycles. The number of nitrogens with one attached hydrogen (secondary N) is 1. The quantitative estimate of drug-likeness (QED) is 0.862. The molecule has 0 spiro atoms. The summed E-state index contributed by atoms with van der Waals surface area (Å²) in [5, 5.41) is 16.1. The van der Waals surface area contributed by atoms with Gasteiger partial charge in [-0.3, -0.25) is 4.68 Å². The SMILES string of the molecule is CC(Cn1cccn1)Nc1cccc(C#N)n1. The minimum Gasteiger partial charge on any atom is -0.366 e. The Morgan fingerprint density at radius 1 is 1.47 bits per heavy atom. The highest BCUT2D eigenvalue weighted by Gasteiger charge is 2.04. The maximum absolute atomic E-state index is 8.75. The third-order valence-corrected chi connectivity index (χ3v) is 2.28. The summed E-state index contributed by atoms with van der Waals surface area (Å²) in [6.07, 6.45) is 3.67. The molecule has 0 amide bonds. The van der Waals surface area contributed by atoms with Crippen molar-refractivity contribution in [3.8, 4) is 6.07 Å². The summed E-state index contributed by atoms with van der Waals surface area (Å²) >= 11 is 0. The minimum absolute atomic E-state index is 0.191.